The highest BCUT2D eigenvalue weighted by molar-refractivity contribution is 7.57. The molecule has 0 saturated heterocycles. The van der Waals surface area contributed by atoms with Crippen LogP contribution in [-0.4, -0.2) is 13.2 Å². The number of allylic oxidation sites excluding steroid dienone is 2. The van der Waals surface area contributed by atoms with Gasteiger partial charge in [-0.25, -0.2) is 0 Å². The summed E-state index contributed by atoms with van der Waals surface area (Å²) in [5, 5.41) is 0. The maximum absolute atomic E-state index is 12.1. The maximum Gasteiger partial charge on any atom is 0.353 e. The van der Waals surface area contributed by atoms with Crippen LogP contribution in [0.4, 0.5) is 0 Å². The molecular formula is C16H29O3P. The first kappa shape index (κ1) is 19.4. The Morgan fingerprint density at radius 2 is 1.25 bits per heavy atom. The lowest BCUT2D eigenvalue weighted by atomic mass is 10.3. The summed E-state index contributed by atoms with van der Waals surface area (Å²) in [5.41, 5.74) is 0. The smallest absolute Gasteiger partial charge is 0.305 e. The molecule has 0 saturated carbocycles. The zero-order chi connectivity index (χ0) is 15.1. The molecule has 0 N–H and O–H groups in total. The van der Waals surface area contributed by atoms with E-state index in [4.69, 9.17) is 9.05 Å². The summed E-state index contributed by atoms with van der Waals surface area (Å²) in [6.07, 6.45) is 14.2. The molecule has 116 valence electrons. The average Bonchev–Trinajstić information content (AvgIpc) is 2.46. The van der Waals surface area contributed by atoms with Gasteiger partial charge in [0.25, 0.3) is 0 Å². The van der Waals surface area contributed by atoms with Crippen LogP contribution in [0.25, 0.3) is 0 Å². The Morgan fingerprint density at radius 1 is 0.850 bits per heavy atom. The highest BCUT2D eigenvalue weighted by Gasteiger charge is 2.18. The van der Waals surface area contributed by atoms with Crippen molar-refractivity contribution in [3.05, 3.63) is 36.7 Å². The average molecular weight is 300 g/mol. The van der Waals surface area contributed by atoms with Crippen molar-refractivity contribution in [3.63, 3.8) is 0 Å². The molecule has 0 rings (SSSR count). The quantitative estimate of drug-likeness (QED) is 0.243. The van der Waals surface area contributed by atoms with Gasteiger partial charge in [-0.15, -0.1) is 0 Å². The van der Waals surface area contributed by atoms with Crippen molar-refractivity contribution in [2.45, 2.75) is 52.4 Å². The second-order valence-electron chi connectivity index (χ2n) is 4.49. The summed E-state index contributed by atoms with van der Waals surface area (Å²) in [6.45, 7) is 8.61. The van der Waals surface area contributed by atoms with Crippen molar-refractivity contribution in [1.29, 1.82) is 0 Å². The van der Waals surface area contributed by atoms with E-state index in [2.05, 4.69) is 32.6 Å². The summed E-state index contributed by atoms with van der Waals surface area (Å²) in [6, 6.07) is 0. The van der Waals surface area contributed by atoms with Gasteiger partial charge in [-0.05, 0) is 25.7 Å². The topological polar surface area (TPSA) is 35.5 Å². The van der Waals surface area contributed by atoms with E-state index in [-0.39, 0.29) is 0 Å². The van der Waals surface area contributed by atoms with Crippen molar-refractivity contribution >= 4 is 7.60 Å². The molecule has 0 spiro atoms. The molecule has 0 fully saturated rings. The highest BCUT2D eigenvalue weighted by Crippen LogP contribution is 2.49. The fourth-order valence-corrected chi connectivity index (χ4v) is 2.45. The monoisotopic (exact) mass is 300 g/mol. The largest absolute Gasteiger partial charge is 0.353 e. The van der Waals surface area contributed by atoms with E-state index in [0.29, 0.717) is 13.2 Å². The summed E-state index contributed by atoms with van der Waals surface area (Å²) in [5.74, 6) is 1.29. The highest BCUT2D eigenvalue weighted by atomic mass is 31.2. The molecule has 0 bridgehead atoms. The lowest BCUT2D eigenvalue weighted by Gasteiger charge is -2.13. The van der Waals surface area contributed by atoms with Crippen molar-refractivity contribution in [3.8, 4) is 0 Å². The van der Waals surface area contributed by atoms with Crippen LogP contribution < -0.4 is 0 Å². The van der Waals surface area contributed by atoms with Crippen LogP contribution in [-0.2, 0) is 13.6 Å². The Kier molecular flexibility index (Phi) is 12.9. The predicted octanol–water partition coefficient (Wildman–Crippen LogP) is 5.85. The van der Waals surface area contributed by atoms with E-state index in [0.717, 1.165) is 38.5 Å². The molecule has 0 amide bonds. The minimum atomic E-state index is -3.12. The Morgan fingerprint density at radius 3 is 1.60 bits per heavy atom. The van der Waals surface area contributed by atoms with Gasteiger partial charge in [-0.1, -0.05) is 57.6 Å². The van der Waals surface area contributed by atoms with E-state index >= 15 is 0 Å². The SMILES string of the molecule is C=CP(=O)(OCC/C=C\CCC)OCC/C=C\CCC. The molecule has 0 aromatic heterocycles. The van der Waals surface area contributed by atoms with Crippen LogP contribution in [0, 0.1) is 0 Å². The molecule has 0 aliphatic rings. The van der Waals surface area contributed by atoms with E-state index < -0.39 is 7.60 Å². The van der Waals surface area contributed by atoms with Crippen molar-refractivity contribution in [2.75, 3.05) is 13.2 Å². The molecule has 0 aliphatic heterocycles. The number of rotatable bonds is 13. The zero-order valence-corrected chi connectivity index (χ0v) is 13.8. The minimum Gasteiger partial charge on any atom is -0.305 e. The van der Waals surface area contributed by atoms with Crippen molar-refractivity contribution < 1.29 is 13.6 Å². The molecule has 0 aromatic carbocycles. The molecular weight excluding hydrogens is 271 g/mol. The van der Waals surface area contributed by atoms with Crippen LogP contribution in [0.5, 0.6) is 0 Å². The fraction of sp³-hybridized carbons (Fsp3) is 0.625. The Balaban J connectivity index is 3.84. The second kappa shape index (κ2) is 13.4. The first-order valence-electron chi connectivity index (χ1n) is 7.51. The van der Waals surface area contributed by atoms with Crippen LogP contribution >= 0.6 is 7.60 Å². The Hall–Kier alpha value is -0.630. The summed E-state index contributed by atoms with van der Waals surface area (Å²) in [7, 11) is -3.12. The number of hydrogen-bond donors (Lipinski definition) is 0. The third kappa shape index (κ3) is 11.2. The molecule has 0 unspecified atom stereocenters. The molecule has 0 heterocycles. The number of hydrogen-bond acceptors (Lipinski definition) is 3. The van der Waals surface area contributed by atoms with Gasteiger partial charge in [-0.2, -0.15) is 0 Å². The van der Waals surface area contributed by atoms with Gasteiger partial charge in [-0.3, -0.25) is 4.57 Å². The standard InChI is InChI=1S/C16H29O3P/c1-4-7-9-11-13-15-18-20(17,6-3)19-16-14-12-10-8-5-2/h6,9-12H,3-5,7-8,13-16H2,1-2H3/b11-9-,12-10-. The van der Waals surface area contributed by atoms with Crippen molar-refractivity contribution in [2.24, 2.45) is 0 Å². The first-order chi connectivity index (χ1) is 9.68. The predicted molar refractivity (Wildman–Crippen MR) is 87.0 cm³/mol. The van der Waals surface area contributed by atoms with Crippen LogP contribution in [0.15, 0.2) is 36.7 Å². The van der Waals surface area contributed by atoms with Crippen molar-refractivity contribution in [1.82, 2.24) is 0 Å². The molecule has 0 aliphatic carbocycles. The normalized spacial score (nSPS) is 12.5. The van der Waals surface area contributed by atoms with Gasteiger partial charge in [0.05, 0.1) is 13.2 Å². The van der Waals surface area contributed by atoms with Gasteiger partial charge >= 0.3 is 7.60 Å². The molecule has 0 aromatic rings. The molecule has 0 radical (unpaired) electrons. The fourth-order valence-electron chi connectivity index (χ4n) is 1.44. The van der Waals surface area contributed by atoms with Gasteiger partial charge in [0.15, 0.2) is 0 Å². The van der Waals surface area contributed by atoms with Crippen LogP contribution in [0.2, 0.25) is 0 Å². The maximum atomic E-state index is 12.1. The molecule has 20 heavy (non-hydrogen) atoms. The van der Waals surface area contributed by atoms with E-state index in [1.165, 1.54) is 5.82 Å². The summed E-state index contributed by atoms with van der Waals surface area (Å²) in [4.78, 5) is 0. The Bertz CT molecular complexity index is 309. The molecule has 4 heteroatoms. The lowest BCUT2D eigenvalue weighted by molar-refractivity contribution is 0.218. The van der Waals surface area contributed by atoms with Gasteiger partial charge in [0, 0.05) is 5.82 Å². The number of unbranched alkanes of at least 4 members (excludes halogenated alkanes) is 2. The van der Waals surface area contributed by atoms with E-state index in [9.17, 15) is 4.57 Å². The van der Waals surface area contributed by atoms with Crippen LogP contribution in [0.1, 0.15) is 52.4 Å². The zero-order valence-electron chi connectivity index (χ0n) is 12.9. The minimum absolute atomic E-state index is 0.398. The van der Waals surface area contributed by atoms with E-state index in [1.54, 1.807) is 0 Å². The van der Waals surface area contributed by atoms with Gasteiger partial charge < -0.3 is 9.05 Å². The third-order valence-electron chi connectivity index (χ3n) is 2.58. The first-order valence-corrected chi connectivity index (χ1v) is 9.12. The summed E-state index contributed by atoms with van der Waals surface area (Å²) < 4.78 is 22.8. The van der Waals surface area contributed by atoms with Crippen LogP contribution in [0.3, 0.4) is 0 Å². The van der Waals surface area contributed by atoms with Gasteiger partial charge in [0.2, 0.25) is 0 Å². The molecule has 0 atom stereocenters. The summed E-state index contributed by atoms with van der Waals surface area (Å²) >= 11 is 0. The second-order valence-corrected chi connectivity index (χ2v) is 6.45. The van der Waals surface area contributed by atoms with Gasteiger partial charge in [0.1, 0.15) is 0 Å². The third-order valence-corrected chi connectivity index (χ3v) is 4.11. The Labute approximate surface area is 124 Å². The lowest BCUT2D eigenvalue weighted by Crippen LogP contribution is -1.96. The molecule has 3 nitrogen and oxygen atoms in total. The van der Waals surface area contributed by atoms with E-state index in [1.807, 2.05) is 12.2 Å².